The van der Waals surface area contributed by atoms with Crippen LogP contribution in [0.15, 0.2) is 64.2 Å². The summed E-state index contributed by atoms with van der Waals surface area (Å²) < 4.78 is 12.2. The number of rotatable bonds is 5. The van der Waals surface area contributed by atoms with Gasteiger partial charge in [-0.3, -0.25) is 4.79 Å². The highest BCUT2D eigenvalue weighted by atomic mass is 16.4. The van der Waals surface area contributed by atoms with Crippen molar-refractivity contribution in [1.29, 1.82) is 0 Å². The Morgan fingerprint density at radius 3 is 2.68 bits per heavy atom. The van der Waals surface area contributed by atoms with E-state index in [1.807, 2.05) is 0 Å². The van der Waals surface area contributed by atoms with Crippen LogP contribution in [0.3, 0.4) is 0 Å². The average molecular weight is 336 g/mol. The summed E-state index contributed by atoms with van der Waals surface area (Å²) in [6.45, 7) is 0.0952. The van der Waals surface area contributed by atoms with Crippen LogP contribution in [0.1, 0.15) is 0 Å². The smallest absolute Gasteiger partial charge is 0.283 e. The first-order chi connectivity index (χ1) is 12.3. The minimum absolute atomic E-state index is 0.0952. The number of nitrogens with one attached hydrogen (secondary N) is 1. The molecule has 25 heavy (non-hydrogen) atoms. The van der Waals surface area contributed by atoms with Gasteiger partial charge in [0.25, 0.3) is 5.89 Å². The molecule has 0 saturated carbocycles. The molecule has 1 N–H and O–H groups in total. The van der Waals surface area contributed by atoms with Crippen molar-refractivity contribution in [2.75, 3.05) is 5.32 Å². The second kappa shape index (κ2) is 6.40. The van der Waals surface area contributed by atoms with Gasteiger partial charge in [-0.2, -0.15) is 5.10 Å². The zero-order chi connectivity index (χ0) is 17.1. The first-order valence-electron chi connectivity index (χ1n) is 7.38. The van der Waals surface area contributed by atoms with Crippen molar-refractivity contribution < 1.29 is 13.6 Å². The molecular weight excluding hydrogens is 324 g/mol. The van der Waals surface area contributed by atoms with Crippen LogP contribution in [0.5, 0.6) is 0 Å². The van der Waals surface area contributed by atoms with Gasteiger partial charge in [0.05, 0.1) is 6.26 Å². The number of carbonyl (C=O) groups excluding carboxylic acids is 1. The number of amides is 1. The molecule has 0 unspecified atom stereocenters. The van der Waals surface area contributed by atoms with E-state index in [1.54, 1.807) is 36.4 Å². The maximum atomic E-state index is 11.9. The van der Waals surface area contributed by atoms with Crippen molar-refractivity contribution in [1.82, 2.24) is 25.0 Å². The van der Waals surface area contributed by atoms with E-state index in [0.29, 0.717) is 23.2 Å². The summed E-state index contributed by atoms with van der Waals surface area (Å²) in [6, 6.07) is 10.6. The van der Waals surface area contributed by atoms with E-state index in [9.17, 15) is 4.79 Å². The number of hydrogen-bond acceptors (Lipinski definition) is 7. The predicted molar refractivity (Wildman–Crippen MR) is 86.1 cm³/mol. The zero-order valence-corrected chi connectivity index (χ0v) is 12.9. The van der Waals surface area contributed by atoms with Gasteiger partial charge in [0.15, 0.2) is 5.76 Å². The highest BCUT2D eigenvalue weighted by Gasteiger charge is 2.12. The SMILES string of the molecule is O=C(Cn1cncn1)Nc1ccc(-c2nnc(-c3ccco3)o2)cc1. The summed E-state index contributed by atoms with van der Waals surface area (Å²) in [6.07, 6.45) is 4.40. The third-order valence-corrected chi connectivity index (χ3v) is 3.34. The van der Waals surface area contributed by atoms with Gasteiger partial charge in [0.1, 0.15) is 19.2 Å². The molecule has 4 rings (SSSR count). The quantitative estimate of drug-likeness (QED) is 0.594. The van der Waals surface area contributed by atoms with Crippen LogP contribution in [-0.2, 0) is 11.3 Å². The number of nitrogens with zero attached hydrogens (tertiary/aromatic N) is 5. The number of aromatic nitrogens is 5. The summed E-state index contributed by atoms with van der Waals surface area (Å²) in [5.74, 6) is 0.990. The van der Waals surface area contributed by atoms with Gasteiger partial charge in [0.2, 0.25) is 11.8 Å². The van der Waals surface area contributed by atoms with E-state index in [2.05, 4.69) is 25.6 Å². The lowest BCUT2D eigenvalue weighted by Gasteiger charge is -2.05. The minimum atomic E-state index is -0.198. The van der Waals surface area contributed by atoms with E-state index in [4.69, 9.17) is 8.83 Å². The maximum Gasteiger partial charge on any atom is 0.283 e. The highest BCUT2D eigenvalue weighted by molar-refractivity contribution is 5.90. The Morgan fingerprint density at radius 1 is 1.12 bits per heavy atom. The molecule has 0 bridgehead atoms. The second-order valence-electron chi connectivity index (χ2n) is 5.11. The molecule has 0 radical (unpaired) electrons. The van der Waals surface area contributed by atoms with Crippen LogP contribution >= 0.6 is 0 Å². The number of hydrogen-bond donors (Lipinski definition) is 1. The van der Waals surface area contributed by atoms with Gasteiger partial charge < -0.3 is 14.2 Å². The Balaban J connectivity index is 1.44. The summed E-state index contributed by atoms with van der Waals surface area (Å²) in [5.41, 5.74) is 1.39. The maximum absolute atomic E-state index is 11.9. The van der Waals surface area contributed by atoms with Crippen LogP contribution in [0.2, 0.25) is 0 Å². The molecule has 0 atom stereocenters. The van der Waals surface area contributed by atoms with Gasteiger partial charge >= 0.3 is 0 Å². The summed E-state index contributed by atoms with van der Waals surface area (Å²) >= 11 is 0. The topological polar surface area (TPSA) is 112 Å². The van der Waals surface area contributed by atoms with Crippen molar-refractivity contribution in [2.24, 2.45) is 0 Å². The van der Waals surface area contributed by atoms with Crippen molar-refractivity contribution in [3.05, 3.63) is 55.3 Å². The van der Waals surface area contributed by atoms with Crippen LogP contribution in [0.25, 0.3) is 23.1 Å². The molecule has 1 aromatic carbocycles. The van der Waals surface area contributed by atoms with E-state index in [-0.39, 0.29) is 12.5 Å². The van der Waals surface area contributed by atoms with Gasteiger partial charge in [-0.05, 0) is 36.4 Å². The number of furan rings is 1. The van der Waals surface area contributed by atoms with Crippen molar-refractivity contribution in [2.45, 2.75) is 6.54 Å². The Labute approximate surface area is 141 Å². The molecule has 3 aromatic heterocycles. The van der Waals surface area contributed by atoms with Crippen LogP contribution in [0, 0.1) is 0 Å². The number of carbonyl (C=O) groups is 1. The van der Waals surface area contributed by atoms with Crippen LogP contribution in [-0.4, -0.2) is 30.9 Å². The molecule has 1 amide bonds. The zero-order valence-electron chi connectivity index (χ0n) is 12.9. The Morgan fingerprint density at radius 2 is 1.96 bits per heavy atom. The largest absolute Gasteiger partial charge is 0.459 e. The number of benzene rings is 1. The van der Waals surface area contributed by atoms with Gasteiger partial charge in [-0.1, -0.05) is 0 Å². The third-order valence-electron chi connectivity index (χ3n) is 3.34. The van der Waals surface area contributed by atoms with Crippen LogP contribution in [0.4, 0.5) is 5.69 Å². The molecule has 0 saturated heterocycles. The van der Waals surface area contributed by atoms with Crippen LogP contribution < -0.4 is 5.32 Å². The molecule has 0 aliphatic heterocycles. The molecule has 9 nitrogen and oxygen atoms in total. The fourth-order valence-electron chi connectivity index (χ4n) is 2.20. The van der Waals surface area contributed by atoms with Crippen molar-refractivity contribution in [3.63, 3.8) is 0 Å². The Bertz CT molecular complexity index is 958. The van der Waals surface area contributed by atoms with Crippen molar-refractivity contribution in [3.8, 4) is 23.1 Å². The molecule has 124 valence electrons. The van der Waals surface area contributed by atoms with E-state index >= 15 is 0 Å². The van der Waals surface area contributed by atoms with E-state index < -0.39 is 0 Å². The first kappa shape index (κ1) is 14.8. The predicted octanol–water partition coefficient (Wildman–Crippen LogP) is 2.23. The third kappa shape index (κ3) is 3.29. The normalized spacial score (nSPS) is 10.7. The molecule has 4 aromatic rings. The van der Waals surface area contributed by atoms with Gasteiger partial charge in [-0.15, -0.1) is 10.2 Å². The van der Waals surface area contributed by atoms with Gasteiger partial charge in [-0.25, -0.2) is 9.67 Å². The molecule has 9 heteroatoms. The molecule has 0 fully saturated rings. The second-order valence-corrected chi connectivity index (χ2v) is 5.11. The highest BCUT2D eigenvalue weighted by Crippen LogP contribution is 2.25. The molecular formula is C16H12N6O3. The Hall–Kier alpha value is -3.75. The minimum Gasteiger partial charge on any atom is -0.459 e. The summed E-state index contributed by atoms with van der Waals surface area (Å²) in [5, 5.41) is 14.6. The number of anilines is 1. The standard InChI is InChI=1S/C16H12N6O3/c23-14(8-22-10-17-9-18-22)19-12-5-3-11(4-6-12)15-20-21-16(25-15)13-2-1-7-24-13/h1-7,9-10H,8H2,(H,19,23). The Kier molecular flexibility index (Phi) is 3.79. The van der Waals surface area contributed by atoms with Crippen molar-refractivity contribution >= 4 is 11.6 Å². The molecule has 0 aliphatic rings. The summed E-state index contributed by atoms with van der Waals surface area (Å²) in [7, 11) is 0. The van der Waals surface area contributed by atoms with E-state index in [1.165, 1.54) is 23.6 Å². The fraction of sp³-hybridized carbons (Fsp3) is 0.0625. The molecule has 3 heterocycles. The summed E-state index contributed by atoms with van der Waals surface area (Å²) in [4.78, 5) is 15.7. The molecule has 0 spiro atoms. The average Bonchev–Trinajstić information content (AvgIpc) is 3.37. The lowest BCUT2D eigenvalue weighted by molar-refractivity contribution is -0.116. The molecule has 0 aliphatic carbocycles. The lowest BCUT2D eigenvalue weighted by atomic mass is 10.2. The lowest BCUT2D eigenvalue weighted by Crippen LogP contribution is -2.18. The monoisotopic (exact) mass is 336 g/mol. The van der Waals surface area contributed by atoms with Gasteiger partial charge in [0, 0.05) is 11.3 Å². The fourth-order valence-corrected chi connectivity index (χ4v) is 2.20. The first-order valence-corrected chi connectivity index (χ1v) is 7.38. The van der Waals surface area contributed by atoms with E-state index in [0.717, 1.165) is 5.56 Å².